The molecular weight excluding hydrogens is 287 g/mol. The monoisotopic (exact) mass is 305 g/mol. The van der Waals surface area contributed by atoms with Crippen LogP contribution in [0.2, 0.25) is 5.02 Å². The molecule has 0 saturated heterocycles. The number of rotatable bonds is 2. The normalized spacial score (nSPS) is 25.5. The first-order chi connectivity index (χ1) is 9.29. The second-order valence-electron chi connectivity index (χ2n) is 5.70. The first-order valence-corrected chi connectivity index (χ1v) is 7.25. The van der Waals surface area contributed by atoms with Crippen molar-refractivity contribution in [3.05, 3.63) is 34.3 Å². The molecular formula is C15H19ClF3N. The van der Waals surface area contributed by atoms with Crippen molar-refractivity contribution in [2.45, 2.75) is 44.8 Å². The van der Waals surface area contributed by atoms with Gasteiger partial charge < -0.3 is 5.73 Å². The predicted octanol–water partition coefficient (Wildman–Crippen LogP) is 5.02. The van der Waals surface area contributed by atoms with Crippen LogP contribution in [0.4, 0.5) is 13.2 Å². The topological polar surface area (TPSA) is 26.0 Å². The third-order valence-electron chi connectivity index (χ3n) is 4.27. The smallest absolute Gasteiger partial charge is 0.324 e. The van der Waals surface area contributed by atoms with Gasteiger partial charge in [0, 0.05) is 11.1 Å². The van der Waals surface area contributed by atoms with E-state index < -0.39 is 12.1 Å². The highest BCUT2D eigenvalue weighted by molar-refractivity contribution is 6.31. The summed E-state index contributed by atoms with van der Waals surface area (Å²) < 4.78 is 38.5. The van der Waals surface area contributed by atoms with Crippen LogP contribution in [0.15, 0.2) is 18.2 Å². The summed E-state index contributed by atoms with van der Waals surface area (Å²) in [5, 5.41) is 0.612. The molecule has 0 heterocycles. The lowest BCUT2D eigenvalue weighted by molar-refractivity contribution is -0.186. The number of benzene rings is 1. The zero-order valence-electron chi connectivity index (χ0n) is 11.4. The Hall–Kier alpha value is -0.740. The molecule has 5 heteroatoms. The fourth-order valence-electron chi connectivity index (χ4n) is 2.94. The molecule has 0 radical (unpaired) electrons. The third kappa shape index (κ3) is 3.47. The van der Waals surface area contributed by atoms with Gasteiger partial charge in [-0.1, -0.05) is 30.2 Å². The van der Waals surface area contributed by atoms with Gasteiger partial charge in [0.15, 0.2) is 0 Å². The predicted molar refractivity (Wildman–Crippen MR) is 74.6 cm³/mol. The van der Waals surface area contributed by atoms with Crippen molar-refractivity contribution in [2.24, 2.45) is 17.6 Å². The minimum absolute atomic E-state index is 0.121. The average Bonchev–Trinajstić information content (AvgIpc) is 2.40. The molecule has 0 aromatic heterocycles. The Bertz CT molecular complexity index is 473. The van der Waals surface area contributed by atoms with Gasteiger partial charge in [0.05, 0.1) is 5.92 Å². The number of hydrogen-bond donors (Lipinski definition) is 1. The van der Waals surface area contributed by atoms with Crippen molar-refractivity contribution in [1.29, 1.82) is 0 Å². The van der Waals surface area contributed by atoms with Crippen molar-refractivity contribution in [3.8, 4) is 0 Å². The van der Waals surface area contributed by atoms with Crippen LogP contribution in [0.5, 0.6) is 0 Å². The molecule has 1 aliphatic rings. The minimum atomic E-state index is -4.11. The van der Waals surface area contributed by atoms with Crippen LogP contribution < -0.4 is 5.73 Å². The quantitative estimate of drug-likeness (QED) is 0.816. The van der Waals surface area contributed by atoms with Crippen LogP contribution in [-0.4, -0.2) is 6.18 Å². The van der Waals surface area contributed by atoms with Crippen LogP contribution in [-0.2, 0) is 0 Å². The number of aryl methyl sites for hydroxylation is 1. The van der Waals surface area contributed by atoms with E-state index in [-0.39, 0.29) is 24.8 Å². The van der Waals surface area contributed by atoms with Crippen LogP contribution in [0.25, 0.3) is 0 Å². The number of nitrogens with two attached hydrogens (primary N) is 1. The van der Waals surface area contributed by atoms with Crippen LogP contribution in [0, 0.1) is 18.8 Å². The Morgan fingerprint density at radius 3 is 2.60 bits per heavy atom. The molecule has 0 aliphatic heterocycles. The van der Waals surface area contributed by atoms with Gasteiger partial charge in [-0.2, -0.15) is 13.2 Å². The van der Waals surface area contributed by atoms with E-state index in [0.717, 1.165) is 17.5 Å². The molecule has 1 nitrogen and oxygen atoms in total. The van der Waals surface area contributed by atoms with E-state index in [1.165, 1.54) is 0 Å². The van der Waals surface area contributed by atoms with Gasteiger partial charge in [0.2, 0.25) is 0 Å². The van der Waals surface area contributed by atoms with Gasteiger partial charge in [-0.25, -0.2) is 0 Å². The molecule has 3 unspecified atom stereocenters. The second kappa shape index (κ2) is 5.94. The molecule has 1 aromatic carbocycles. The Balaban J connectivity index is 2.12. The standard InChI is InChI=1S/C15H19ClF3N/c1-9-5-6-11(8-13(9)16)14(20)10-3-2-4-12(7-10)15(17,18)19/h5-6,8,10,12,14H,2-4,7,20H2,1H3. The molecule has 2 N–H and O–H groups in total. The summed E-state index contributed by atoms with van der Waals surface area (Å²) in [6.07, 6.45) is -2.43. The Kier molecular flexibility index (Phi) is 4.65. The molecule has 20 heavy (non-hydrogen) atoms. The van der Waals surface area contributed by atoms with Crippen molar-refractivity contribution in [1.82, 2.24) is 0 Å². The molecule has 3 atom stereocenters. The molecule has 1 aliphatic carbocycles. The molecule has 0 spiro atoms. The molecule has 0 amide bonds. The van der Waals surface area contributed by atoms with E-state index in [1.807, 2.05) is 19.1 Å². The number of halogens is 4. The maximum absolute atomic E-state index is 12.8. The molecule has 0 bridgehead atoms. The van der Waals surface area contributed by atoms with Crippen molar-refractivity contribution in [2.75, 3.05) is 0 Å². The fraction of sp³-hybridized carbons (Fsp3) is 0.600. The maximum atomic E-state index is 12.8. The van der Waals surface area contributed by atoms with Gasteiger partial charge >= 0.3 is 6.18 Å². The van der Waals surface area contributed by atoms with Crippen molar-refractivity contribution >= 4 is 11.6 Å². The van der Waals surface area contributed by atoms with E-state index in [9.17, 15) is 13.2 Å². The number of alkyl halides is 3. The maximum Gasteiger partial charge on any atom is 0.391 e. The SMILES string of the molecule is Cc1ccc(C(N)C2CCCC(C(F)(F)F)C2)cc1Cl. The Morgan fingerprint density at radius 1 is 1.30 bits per heavy atom. The van der Waals surface area contributed by atoms with Crippen LogP contribution in [0.1, 0.15) is 42.9 Å². The lowest BCUT2D eigenvalue weighted by Crippen LogP contribution is -2.33. The minimum Gasteiger partial charge on any atom is -0.324 e. The zero-order valence-corrected chi connectivity index (χ0v) is 12.1. The summed E-state index contributed by atoms with van der Waals surface area (Å²) in [6.45, 7) is 1.89. The number of hydrogen-bond acceptors (Lipinski definition) is 1. The lowest BCUT2D eigenvalue weighted by atomic mass is 9.76. The van der Waals surface area contributed by atoms with Crippen LogP contribution in [0.3, 0.4) is 0 Å². The summed E-state index contributed by atoms with van der Waals surface area (Å²) in [5.41, 5.74) is 7.94. The Labute approximate surface area is 122 Å². The van der Waals surface area contributed by atoms with E-state index in [1.54, 1.807) is 6.07 Å². The highest BCUT2D eigenvalue weighted by Gasteiger charge is 2.43. The second-order valence-corrected chi connectivity index (χ2v) is 6.11. The molecule has 1 saturated carbocycles. The van der Waals surface area contributed by atoms with Crippen LogP contribution >= 0.6 is 11.6 Å². The molecule has 2 rings (SSSR count). The summed E-state index contributed by atoms with van der Waals surface area (Å²) in [6, 6.07) is 5.13. The first kappa shape index (κ1) is 15.6. The van der Waals surface area contributed by atoms with Gasteiger partial charge in [-0.15, -0.1) is 0 Å². The van der Waals surface area contributed by atoms with Crippen molar-refractivity contribution in [3.63, 3.8) is 0 Å². The molecule has 1 fully saturated rings. The summed E-state index contributed by atoms with van der Waals surface area (Å²) in [7, 11) is 0. The Morgan fingerprint density at radius 2 is 2.00 bits per heavy atom. The average molecular weight is 306 g/mol. The molecule has 1 aromatic rings. The summed E-state index contributed by atoms with van der Waals surface area (Å²) in [4.78, 5) is 0. The highest BCUT2D eigenvalue weighted by atomic mass is 35.5. The molecule has 112 valence electrons. The summed E-state index contributed by atoms with van der Waals surface area (Å²) >= 11 is 6.06. The third-order valence-corrected chi connectivity index (χ3v) is 4.67. The summed E-state index contributed by atoms with van der Waals surface area (Å²) in [5.74, 6) is -1.35. The van der Waals surface area contributed by atoms with Gasteiger partial charge in [0.25, 0.3) is 0 Å². The first-order valence-electron chi connectivity index (χ1n) is 6.87. The lowest BCUT2D eigenvalue weighted by Gasteiger charge is -2.34. The highest BCUT2D eigenvalue weighted by Crippen LogP contribution is 2.43. The van der Waals surface area contributed by atoms with Gasteiger partial charge in [-0.3, -0.25) is 0 Å². The van der Waals surface area contributed by atoms with E-state index in [0.29, 0.717) is 11.4 Å². The largest absolute Gasteiger partial charge is 0.391 e. The van der Waals surface area contributed by atoms with Gasteiger partial charge in [0.1, 0.15) is 0 Å². The van der Waals surface area contributed by atoms with E-state index >= 15 is 0 Å². The van der Waals surface area contributed by atoms with Crippen molar-refractivity contribution < 1.29 is 13.2 Å². The fourth-order valence-corrected chi connectivity index (χ4v) is 3.13. The zero-order chi connectivity index (χ0) is 14.9. The van der Waals surface area contributed by atoms with Gasteiger partial charge in [-0.05, 0) is 49.3 Å². The van der Waals surface area contributed by atoms with E-state index in [4.69, 9.17) is 17.3 Å². The van der Waals surface area contributed by atoms with E-state index in [2.05, 4.69) is 0 Å².